The fourth-order valence-corrected chi connectivity index (χ4v) is 3.94. The molecule has 1 atom stereocenters. The van der Waals surface area contributed by atoms with E-state index in [2.05, 4.69) is 45.8 Å². The third-order valence-corrected chi connectivity index (χ3v) is 5.51. The molecule has 1 aromatic carbocycles. The number of methoxy groups -OCH3 is 1. The summed E-state index contributed by atoms with van der Waals surface area (Å²) >= 11 is 0. The molecule has 9 nitrogen and oxygen atoms in total. The summed E-state index contributed by atoms with van der Waals surface area (Å²) in [6.45, 7) is 4.65. The Labute approximate surface area is 188 Å². The van der Waals surface area contributed by atoms with Crippen LogP contribution in [-0.2, 0) is 30.9 Å². The second-order valence-electron chi connectivity index (χ2n) is 8.19. The van der Waals surface area contributed by atoms with E-state index < -0.39 is 0 Å². The van der Waals surface area contributed by atoms with Gasteiger partial charge in [0.15, 0.2) is 11.8 Å². The molecule has 0 bridgehead atoms. The van der Waals surface area contributed by atoms with Crippen LogP contribution in [0.25, 0.3) is 10.9 Å². The number of guanidine groups is 1. The number of hydrogen-bond donors (Lipinski definition) is 2. The minimum absolute atomic E-state index is 0.240. The number of ether oxygens (including phenoxy) is 1. The SMILES string of the molecule is CCNC(=NCc1cc(N(C)C)nc2ccccc12)NC1CCc2nc(COC)nn2C1. The number of pyridine rings is 1. The van der Waals surface area contributed by atoms with Crippen molar-refractivity contribution in [1.29, 1.82) is 0 Å². The highest BCUT2D eigenvalue weighted by atomic mass is 16.5. The van der Waals surface area contributed by atoms with E-state index in [0.717, 1.165) is 65.8 Å². The molecule has 9 heteroatoms. The van der Waals surface area contributed by atoms with Gasteiger partial charge in [-0.2, -0.15) is 5.10 Å². The third kappa shape index (κ3) is 4.99. The first-order valence-corrected chi connectivity index (χ1v) is 11.1. The summed E-state index contributed by atoms with van der Waals surface area (Å²) in [7, 11) is 5.68. The molecular weight excluding hydrogens is 404 g/mol. The van der Waals surface area contributed by atoms with Gasteiger partial charge in [-0.15, -0.1) is 0 Å². The van der Waals surface area contributed by atoms with Gasteiger partial charge in [0, 0.05) is 45.6 Å². The van der Waals surface area contributed by atoms with Gasteiger partial charge in [-0.25, -0.2) is 19.6 Å². The molecular formula is C23H32N8O. The van der Waals surface area contributed by atoms with Gasteiger partial charge in [-0.3, -0.25) is 0 Å². The Morgan fingerprint density at radius 2 is 2.12 bits per heavy atom. The smallest absolute Gasteiger partial charge is 0.191 e. The molecule has 32 heavy (non-hydrogen) atoms. The van der Waals surface area contributed by atoms with Gasteiger partial charge < -0.3 is 20.3 Å². The molecule has 0 saturated carbocycles. The summed E-state index contributed by atoms with van der Waals surface area (Å²) in [5.41, 5.74) is 2.14. The zero-order valence-electron chi connectivity index (χ0n) is 19.3. The molecule has 3 heterocycles. The number of anilines is 1. The molecule has 170 valence electrons. The molecule has 4 rings (SSSR count). The predicted molar refractivity (Wildman–Crippen MR) is 127 cm³/mol. The standard InChI is InChI=1S/C23H32N8O/c1-5-24-23(26-17-10-11-21-28-20(15-32-4)29-31(21)14-17)25-13-16-12-22(30(2)3)27-19-9-7-6-8-18(16)19/h6-9,12,17H,5,10-11,13-15H2,1-4H3,(H2,24,25,26). The van der Waals surface area contributed by atoms with Crippen molar-refractivity contribution in [2.24, 2.45) is 4.99 Å². The van der Waals surface area contributed by atoms with Crippen molar-refractivity contribution in [3.8, 4) is 0 Å². The molecule has 1 aliphatic rings. The van der Waals surface area contributed by atoms with Crippen molar-refractivity contribution in [3.63, 3.8) is 0 Å². The molecule has 1 aliphatic heterocycles. The van der Waals surface area contributed by atoms with Crippen LogP contribution in [0.1, 0.15) is 30.6 Å². The number of aryl methyl sites for hydroxylation is 1. The molecule has 0 aliphatic carbocycles. The lowest BCUT2D eigenvalue weighted by atomic mass is 10.1. The summed E-state index contributed by atoms with van der Waals surface area (Å²) in [5, 5.41) is 12.7. The van der Waals surface area contributed by atoms with Crippen molar-refractivity contribution < 1.29 is 4.74 Å². The van der Waals surface area contributed by atoms with Crippen LogP contribution in [0, 0.1) is 0 Å². The minimum atomic E-state index is 0.240. The first kappa shape index (κ1) is 22.0. The second kappa shape index (κ2) is 9.95. The second-order valence-corrected chi connectivity index (χ2v) is 8.19. The lowest BCUT2D eigenvalue weighted by molar-refractivity contribution is 0.177. The highest BCUT2D eigenvalue weighted by Crippen LogP contribution is 2.23. The van der Waals surface area contributed by atoms with E-state index in [4.69, 9.17) is 14.7 Å². The normalized spacial score (nSPS) is 16.1. The van der Waals surface area contributed by atoms with Gasteiger partial charge in [-0.1, -0.05) is 18.2 Å². The number of fused-ring (bicyclic) bond motifs is 2. The van der Waals surface area contributed by atoms with Crippen molar-refractivity contribution in [1.82, 2.24) is 30.4 Å². The monoisotopic (exact) mass is 436 g/mol. The van der Waals surface area contributed by atoms with E-state index in [1.165, 1.54) is 0 Å². The maximum atomic E-state index is 5.17. The Bertz CT molecular complexity index is 1090. The van der Waals surface area contributed by atoms with Gasteiger partial charge in [0.05, 0.1) is 18.6 Å². The van der Waals surface area contributed by atoms with E-state index in [1.54, 1.807) is 7.11 Å². The Hall–Kier alpha value is -3.20. The first-order valence-electron chi connectivity index (χ1n) is 11.1. The van der Waals surface area contributed by atoms with Crippen molar-refractivity contribution in [2.45, 2.75) is 45.5 Å². The molecule has 0 fully saturated rings. The number of rotatable bonds is 7. The molecule has 1 unspecified atom stereocenters. The lowest BCUT2D eigenvalue weighted by Gasteiger charge is -2.25. The van der Waals surface area contributed by atoms with Crippen molar-refractivity contribution in [3.05, 3.63) is 47.5 Å². The number of hydrogen-bond acceptors (Lipinski definition) is 6. The van der Waals surface area contributed by atoms with Crippen LogP contribution in [0.2, 0.25) is 0 Å². The van der Waals surface area contributed by atoms with Crippen LogP contribution in [0.5, 0.6) is 0 Å². The number of para-hydroxylation sites is 1. The summed E-state index contributed by atoms with van der Waals surface area (Å²) in [6, 6.07) is 10.6. The quantitative estimate of drug-likeness (QED) is 0.433. The topological polar surface area (TPSA) is 92.5 Å². The molecule has 3 aromatic rings. The summed E-state index contributed by atoms with van der Waals surface area (Å²) in [4.78, 5) is 16.2. The number of nitrogens with one attached hydrogen (secondary N) is 2. The number of benzene rings is 1. The maximum absolute atomic E-state index is 5.17. The largest absolute Gasteiger partial charge is 0.377 e. The maximum Gasteiger partial charge on any atom is 0.191 e. The van der Waals surface area contributed by atoms with Crippen LogP contribution in [0.3, 0.4) is 0 Å². The molecule has 0 spiro atoms. The van der Waals surface area contributed by atoms with Crippen LogP contribution in [0.4, 0.5) is 5.82 Å². The molecule has 2 N–H and O–H groups in total. The molecule has 0 radical (unpaired) electrons. The Kier molecular flexibility index (Phi) is 6.84. The van der Waals surface area contributed by atoms with Gasteiger partial charge >= 0.3 is 0 Å². The highest BCUT2D eigenvalue weighted by molar-refractivity contribution is 5.85. The molecule has 0 amide bonds. The van der Waals surface area contributed by atoms with Gasteiger partial charge in [0.1, 0.15) is 18.2 Å². The van der Waals surface area contributed by atoms with E-state index in [0.29, 0.717) is 13.2 Å². The Morgan fingerprint density at radius 1 is 1.28 bits per heavy atom. The third-order valence-electron chi connectivity index (χ3n) is 5.51. The number of nitrogens with zero attached hydrogens (tertiary/aromatic N) is 6. The minimum Gasteiger partial charge on any atom is -0.377 e. The summed E-state index contributed by atoms with van der Waals surface area (Å²) in [5.74, 6) is 3.51. The average Bonchev–Trinajstić information content (AvgIpc) is 3.19. The predicted octanol–water partition coefficient (Wildman–Crippen LogP) is 2.11. The fourth-order valence-electron chi connectivity index (χ4n) is 3.94. The summed E-state index contributed by atoms with van der Waals surface area (Å²) in [6.07, 6.45) is 1.87. The van der Waals surface area contributed by atoms with Crippen LogP contribution in [-0.4, -0.2) is 59.5 Å². The average molecular weight is 437 g/mol. The van der Waals surface area contributed by atoms with Gasteiger partial charge in [-0.05, 0) is 31.0 Å². The van der Waals surface area contributed by atoms with Gasteiger partial charge in [0.2, 0.25) is 0 Å². The van der Waals surface area contributed by atoms with Crippen LogP contribution >= 0.6 is 0 Å². The fraction of sp³-hybridized carbons (Fsp3) is 0.478. The van der Waals surface area contributed by atoms with E-state index >= 15 is 0 Å². The molecule has 2 aromatic heterocycles. The first-order chi connectivity index (χ1) is 15.6. The van der Waals surface area contributed by atoms with Crippen molar-refractivity contribution >= 4 is 22.7 Å². The van der Waals surface area contributed by atoms with Gasteiger partial charge in [0.25, 0.3) is 0 Å². The summed E-state index contributed by atoms with van der Waals surface area (Å²) < 4.78 is 7.15. The van der Waals surface area contributed by atoms with E-state index in [1.807, 2.05) is 35.8 Å². The van der Waals surface area contributed by atoms with E-state index in [-0.39, 0.29) is 6.04 Å². The number of aromatic nitrogens is 4. The van der Waals surface area contributed by atoms with Crippen molar-refractivity contribution in [2.75, 3.05) is 32.6 Å². The zero-order valence-corrected chi connectivity index (χ0v) is 19.3. The molecule has 0 saturated heterocycles. The highest BCUT2D eigenvalue weighted by Gasteiger charge is 2.22. The lowest BCUT2D eigenvalue weighted by Crippen LogP contribution is -2.47. The number of aliphatic imine (C=N–C) groups is 1. The van der Waals surface area contributed by atoms with E-state index in [9.17, 15) is 0 Å². The van der Waals surface area contributed by atoms with Crippen LogP contribution in [0.15, 0.2) is 35.3 Å². The zero-order chi connectivity index (χ0) is 22.5. The Morgan fingerprint density at radius 3 is 2.91 bits per heavy atom. The Balaban J connectivity index is 1.51. The van der Waals surface area contributed by atoms with Crippen LogP contribution < -0.4 is 15.5 Å².